The molecule has 0 bridgehead atoms. The van der Waals surface area contributed by atoms with Crippen molar-refractivity contribution in [1.82, 2.24) is 0 Å². The van der Waals surface area contributed by atoms with Gasteiger partial charge in [-0.2, -0.15) is 13.2 Å². The Labute approximate surface area is 75.4 Å². The number of hydrogen-bond acceptors (Lipinski definition) is 0. The van der Waals surface area contributed by atoms with Crippen LogP contribution >= 0.6 is 0 Å². The molecule has 0 aliphatic rings. The van der Waals surface area contributed by atoms with E-state index < -0.39 is 12.6 Å². The maximum Gasteiger partial charge on any atom is 0.393 e. The van der Waals surface area contributed by atoms with Crippen molar-refractivity contribution >= 4 is 0 Å². The average Bonchev–Trinajstić information content (AvgIpc) is 2.01. The number of benzene rings is 1. The number of aryl methyl sites for hydroxylation is 1. The minimum atomic E-state index is -4.10. The maximum absolute atomic E-state index is 12.0. The van der Waals surface area contributed by atoms with Crippen LogP contribution in [0.3, 0.4) is 0 Å². The molecule has 0 aliphatic heterocycles. The molecule has 0 nitrogen and oxygen atoms in total. The molecule has 0 heterocycles. The van der Waals surface area contributed by atoms with Gasteiger partial charge in [0.2, 0.25) is 0 Å². The van der Waals surface area contributed by atoms with E-state index in [4.69, 9.17) is 0 Å². The molecule has 72 valence electrons. The van der Waals surface area contributed by atoms with E-state index in [0.29, 0.717) is 5.56 Å². The number of halogens is 3. The van der Waals surface area contributed by atoms with Gasteiger partial charge in [0.1, 0.15) is 0 Å². The Morgan fingerprint density at radius 3 is 2.31 bits per heavy atom. The summed E-state index contributed by atoms with van der Waals surface area (Å²) in [5, 5.41) is 0. The number of alkyl halides is 3. The molecule has 0 atom stereocenters. The summed E-state index contributed by atoms with van der Waals surface area (Å²) >= 11 is 0. The lowest BCUT2D eigenvalue weighted by atomic mass is 10.1. The van der Waals surface area contributed by atoms with E-state index in [1.807, 2.05) is 13.0 Å². The topological polar surface area (TPSA) is 0 Å². The molecule has 1 aromatic rings. The first-order valence-corrected chi connectivity index (χ1v) is 4.16. The fourth-order valence-corrected chi connectivity index (χ4v) is 1.19. The zero-order valence-electron chi connectivity index (χ0n) is 7.36. The number of hydrogen-bond donors (Lipinski definition) is 0. The van der Waals surface area contributed by atoms with Crippen LogP contribution in [0.15, 0.2) is 24.3 Å². The van der Waals surface area contributed by atoms with Gasteiger partial charge in [0.05, 0.1) is 6.42 Å². The lowest BCUT2D eigenvalue weighted by Crippen LogP contribution is -2.11. The van der Waals surface area contributed by atoms with Crippen LogP contribution in [0.4, 0.5) is 13.2 Å². The minimum Gasteiger partial charge on any atom is -0.171 e. The van der Waals surface area contributed by atoms with E-state index in [0.717, 1.165) is 12.0 Å². The molecule has 3 heteroatoms. The highest BCUT2D eigenvalue weighted by Gasteiger charge is 2.27. The Kier molecular flexibility index (Phi) is 2.96. The van der Waals surface area contributed by atoms with Crippen molar-refractivity contribution in [3.05, 3.63) is 35.4 Å². The normalized spacial score (nSPS) is 11.7. The second-order valence-corrected chi connectivity index (χ2v) is 2.97. The molecule has 0 aliphatic carbocycles. The second kappa shape index (κ2) is 3.81. The lowest BCUT2D eigenvalue weighted by molar-refractivity contribution is -0.127. The molecule has 0 spiro atoms. The molecule has 0 saturated heterocycles. The van der Waals surface area contributed by atoms with E-state index in [1.54, 1.807) is 12.1 Å². The monoisotopic (exact) mass is 188 g/mol. The Morgan fingerprint density at radius 1 is 1.15 bits per heavy atom. The van der Waals surface area contributed by atoms with Crippen LogP contribution in [0.1, 0.15) is 18.1 Å². The van der Waals surface area contributed by atoms with Crippen molar-refractivity contribution in [2.24, 2.45) is 0 Å². The fraction of sp³-hybridized carbons (Fsp3) is 0.400. The standard InChI is InChI=1S/C10H11F3/c1-2-8-4-3-5-9(6-8)7-10(11,12)13/h3-6H,2,7H2,1H3. The van der Waals surface area contributed by atoms with Crippen molar-refractivity contribution in [3.63, 3.8) is 0 Å². The summed E-state index contributed by atoms with van der Waals surface area (Å²) < 4.78 is 35.9. The van der Waals surface area contributed by atoms with E-state index in [9.17, 15) is 13.2 Å². The molecule has 0 saturated carbocycles. The lowest BCUT2D eigenvalue weighted by Gasteiger charge is -2.06. The van der Waals surface area contributed by atoms with E-state index in [1.165, 1.54) is 6.07 Å². The molecule has 0 unspecified atom stereocenters. The van der Waals surface area contributed by atoms with Gasteiger partial charge >= 0.3 is 6.18 Å². The first kappa shape index (κ1) is 10.1. The van der Waals surface area contributed by atoms with Crippen molar-refractivity contribution in [2.45, 2.75) is 25.9 Å². The SMILES string of the molecule is CCc1cccc(CC(F)(F)F)c1. The van der Waals surface area contributed by atoms with Gasteiger partial charge in [0.15, 0.2) is 0 Å². The van der Waals surface area contributed by atoms with E-state index >= 15 is 0 Å². The summed E-state index contributed by atoms with van der Waals surface area (Å²) in [5.74, 6) is 0. The summed E-state index contributed by atoms with van der Waals surface area (Å²) in [6.07, 6.45) is -4.17. The maximum atomic E-state index is 12.0. The molecule has 1 rings (SSSR count). The summed E-state index contributed by atoms with van der Waals surface area (Å²) in [6.45, 7) is 1.92. The highest BCUT2D eigenvalue weighted by atomic mass is 19.4. The molecule has 0 fully saturated rings. The van der Waals surface area contributed by atoms with Gasteiger partial charge in [-0.15, -0.1) is 0 Å². The van der Waals surface area contributed by atoms with Crippen LogP contribution in [0.5, 0.6) is 0 Å². The molecule has 0 N–H and O–H groups in total. The third-order valence-electron chi connectivity index (χ3n) is 1.80. The fourth-order valence-electron chi connectivity index (χ4n) is 1.19. The Bertz CT molecular complexity index is 276. The van der Waals surface area contributed by atoms with Gasteiger partial charge in [-0.05, 0) is 17.5 Å². The van der Waals surface area contributed by atoms with Crippen LogP contribution in [0.25, 0.3) is 0 Å². The predicted molar refractivity (Wildman–Crippen MR) is 45.6 cm³/mol. The van der Waals surface area contributed by atoms with Gasteiger partial charge < -0.3 is 0 Å². The smallest absolute Gasteiger partial charge is 0.171 e. The summed E-state index contributed by atoms with van der Waals surface area (Å²) in [4.78, 5) is 0. The van der Waals surface area contributed by atoms with E-state index in [-0.39, 0.29) is 0 Å². The highest BCUT2D eigenvalue weighted by Crippen LogP contribution is 2.21. The second-order valence-electron chi connectivity index (χ2n) is 2.97. The molecule has 0 radical (unpaired) electrons. The summed E-state index contributed by atoms with van der Waals surface area (Å²) in [6, 6.07) is 6.61. The third kappa shape index (κ3) is 3.49. The number of rotatable bonds is 2. The van der Waals surface area contributed by atoms with Gasteiger partial charge in [0, 0.05) is 0 Å². The summed E-state index contributed by atoms with van der Waals surface area (Å²) in [5.41, 5.74) is 1.29. The van der Waals surface area contributed by atoms with Crippen molar-refractivity contribution in [1.29, 1.82) is 0 Å². The van der Waals surface area contributed by atoms with Crippen LogP contribution < -0.4 is 0 Å². The van der Waals surface area contributed by atoms with Crippen molar-refractivity contribution in [3.8, 4) is 0 Å². The van der Waals surface area contributed by atoms with Crippen LogP contribution in [-0.4, -0.2) is 6.18 Å². The molecule has 13 heavy (non-hydrogen) atoms. The Morgan fingerprint density at radius 2 is 1.77 bits per heavy atom. The average molecular weight is 188 g/mol. The molecular weight excluding hydrogens is 177 g/mol. The minimum absolute atomic E-state index is 0.340. The largest absolute Gasteiger partial charge is 0.393 e. The zero-order valence-corrected chi connectivity index (χ0v) is 7.36. The first-order valence-electron chi connectivity index (χ1n) is 4.16. The molecule has 0 aromatic heterocycles. The van der Waals surface area contributed by atoms with Gasteiger partial charge in [0.25, 0.3) is 0 Å². The van der Waals surface area contributed by atoms with Gasteiger partial charge in [-0.25, -0.2) is 0 Å². The Balaban J connectivity index is 2.78. The predicted octanol–water partition coefficient (Wildman–Crippen LogP) is 3.35. The third-order valence-corrected chi connectivity index (χ3v) is 1.80. The Hall–Kier alpha value is -0.990. The van der Waals surface area contributed by atoms with Gasteiger partial charge in [-0.3, -0.25) is 0 Å². The van der Waals surface area contributed by atoms with Crippen molar-refractivity contribution < 1.29 is 13.2 Å². The summed E-state index contributed by atoms with van der Waals surface area (Å²) in [7, 11) is 0. The highest BCUT2D eigenvalue weighted by molar-refractivity contribution is 5.23. The molecule has 0 amide bonds. The van der Waals surface area contributed by atoms with Gasteiger partial charge in [-0.1, -0.05) is 31.2 Å². The first-order chi connectivity index (χ1) is 6.01. The zero-order chi connectivity index (χ0) is 9.90. The molecular formula is C10H11F3. The van der Waals surface area contributed by atoms with Crippen molar-refractivity contribution in [2.75, 3.05) is 0 Å². The van der Waals surface area contributed by atoms with Crippen LogP contribution in [0, 0.1) is 0 Å². The van der Waals surface area contributed by atoms with Crippen LogP contribution in [0.2, 0.25) is 0 Å². The van der Waals surface area contributed by atoms with Crippen LogP contribution in [-0.2, 0) is 12.8 Å². The van der Waals surface area contributed by atoms with E-state index in [2.05, 4.69) is 0 Å². The quantitative estimate of drug-likeness (QED) is 0.667. The molecule has 1 aromatic carbocycles.